The number of rotatable bonds is 3. The minimum Gasteiger partial charge on any atom is -0.348 e. The SMILES string of the molecule is CC(C)(C)c1ncncc1CNC(=O)c1ccc(F)cc1. The molecule has 0 atom stereocenters. The zero-order chi connectivity index (χ0) is 15.5. The highest BCUT2D eigenvalue weighted by Gasteiger charge is 2.19. The molecule has 0 saturated heterocycles. The molecule has 4 nitrogen and oxygen atoms in total. The number of amides is 1. The summed E-state index contributed by atoms with van der Waals surface area (Å²) in [6.45, 7) is 6.51. The molecule has 110 valence electrons. The summed E-state index contributed by atoms with van der Waals surface area (Å²) in [5.74, 6) is -0.614. The molecule has 0 aliphatic carbocycles. The van der Waals surface area contributed by atoms with Crippen LogP contribution in [-0.2, 0) is 12.0 Å². The molecule has 5 heteroatoms. The Kier molecular flexibility index (Phi) is 4.31. The summed E-state index contributed by atoms with van der Waals surface area (Å²) in [4.78, 5) is 20.3. The summed E-state index contributed by atoms with van der Waals surface area (Å²) in [6, 6.07) is 5.44. The van der Waals surface area contributed by atoms with Crippen LogP contribution in [0.3, 0.4) is 0 Å². The standard InChI is InChI=1S/C16H18FN3O/c1-16(2,3)14-12(8-18-10-20-14)9-19-15(21)11-4-6-13(17)7-5-11/h4-8,10H,9H2,1-3H3,(H,19,21). The highest BCUT2D eigenvalue weighted by Crippen LogP contribution is 2.22. The van der Waals surface area contributed by atoms with E-state index >= 15 is 0 Å². The summed E-state index contributed by atoms with van der Waals surface area (Å²) < 4.78 is 12.8. The number of hydrogen-bond donors (Lipinski definition) is 1. The van der Waals surface area contributed by atoms with Crippen molar-refractivity contribution in [1.29, 1.82) is 0 Å². The molecule has 1 heterocycles. The molecule has 0 aliphatic rings. The molecule has 0 spiro atoms. The third-order valence-electron chi connectivity index (χ3n) is 3.04. The van der Waals surface area contributed by atoms with E-state index < -0.39 is 0 Å². The van der Waals surface area contributed by atoms with Gasteiger partial charge in [-0.3, -0.25) is 4.79 Å². The first kappa shape index (κ1) is 15.1. The van der Waals surface area contributed by atoms with E-state index in [2.05, 4.69) is 36.1 Å². The largest absolute Gasteiger partial charge is 0.348 e. The predicted octanol–water partition coefficient (Wildman–Crippen LogP) is 2.84. The van der Waals surface area contributed by atoms with Crippen molar-refractivity contribution in [2.45, 2.75) is 32.7 Å². The van der Waals surface area contributed by atoms with Crippen LogP contribution in [0.5, 0.6) is 0 Å². The average Bonchev–Trinajstić information content (AvgIpc) is 2.45. The maximum atomic E-state index is 12.8. The van der Waals surface area contributed by atoms with Gasteiger partial charge in [-0.25, -0.2) is 14.4 Å². The van der Waals surface area contributed by atoms with Gasteiger partial charge in [0.2, 0.25) is 0 Å². The van der Waals surface area contributed by atoms with Gasteiger partial charge in [0.25, 0.3) is 5.91 Å². The van der Waals surface area contributed by atoms with Crippen molar-refractivity contribution in [2.75, 3.05) is 0 Å². The normalized spacial score (nSPS) is 11.2. The highest BCUT2D eigenvalue weighted by molar-refractivity contribution is 5.94. The lowest BCUT2D eigenvalue weighted by Crippen LogP contribution is -2.26. The van der Waals surface area contributed by atoms with Crippen molar-refractivity contribution >= 4 is 5.91 Å². The average molecular weight is 287 g/mol. The smallest absolute Gasteiger partial charge is 0.251 e. The lowest BCUT2D eigenvalue weighted by atomic mass is 9.89. The molecular weight excluding hydrogens is 269 g/mol. The van der Waals surface area contributed by atoms with Crippen molar-refractivity contribution < 1.29 is 9.18 Å². The molecule has 0 aliphatic heterocycles. The van der Waals surface area contributed by atoms with E-state index in [-0.39, 0.29) is 17.1 Å². The van der Waals surface area contributed by atoms with Gasteiger partial charge in [-0.1, -0.05) is 20.8 Å². The molecule has 1 aromatic heterocycles. The number of carbonyl (C=O) groups excluding carboxylic acids is 1. The van der Waals surface area contributed by atoms with Gasteiger partial charge in [-0.2, -0.15) is 0 Å². The van der Waals surface area contributed by atoms with Crippen molar-refractivity contribution in [3.05, 3.63) is 59.4 Å². The second-order valence-electron chi connectivity index (χ2n) is 5.84. The predicted molar refractivity (Wildman–Crippen MR) is 78.3 cm³/mol. The van der Waals surface area contributed by atoms with E-state index in [9.17, 15) is 9.18 Å². The molecule has 0 radical (unpaired) electrons. The Bertz CT molecular complexity index is 633. The molecule has 0 saturated carbocycles. The number of hydrogen-bond acceptors (Lipinski definition) is 3. The summed E-state index contributed by atoms with van der Waals surface area (Å²) in [5.41, 5.74) is 2.07. The van der Waals surface area contributed by atoms with Crippen LogP contribution in [0.25, 0.3) is 0 Å². The van der Waals surface area contributed by atoms with E-state index in [1.165, 1.54) is 30.6 Å². The van der Waals surface area contributed by atoms with Gasteiger partial charge in [0.15, 0.2) is 0 Å². The molecular formula is C16H18FN3O. The van der Waals surface area contributed by atoms with Crippen LogP contribution in [0.2, 0.25) is 0 Å². The molecule has 0 fully saturated rings. The number of halogens is 1. The van der Waals surface area contributed by atoms with Gasteiger partial charge in [-0.15, -0.1) is 0 Å². The first-order valence-electron chi connectivity index (χ1n) is 6.71. The van der Waals surface area contributed by atoms with Crippen LogP contribution in [0, 0.1) is 5.82 Å². The third-order valence-corrected chi connectivity index (χ3v) is 3.04. The van der Waals surface area contributed by atoms with Crippen molar-refractivity contribution in [2.24, 2.45) is 0 Å². The quantitative estimate of drug-likeness (QED) is 0.944. The molecule has 21 heavy (non-hydrogen) atoms. The fraction of sp³-hybridized carbons (Fsp3) is 0.312. The van der Waals surface area contributed by atoms with Crippen LogP contribution >= 0.6 is 0 Å². The van der Waals surface area contributed by atoms with E-state index in [0.29, 0.717) is 12.1 Å². The highest BCUT2D eigenvalue weighted by atomic mass is 19.1. The number of benzene rings is 1. The fourth-order valence-electron chi connectivity index (χ4n) is 2.04. The monoisotopic (exact) mass is 287 g/mol. The fourth-order valence-corrected chi connectivity index (χ4v) is 2.04. The summed E-state index contributed by atoms with van der Waals surface area (Å²) in [6.07, 6.45) is 3.21. The van der Waals surface area contributed by atoms with E-state index in [0.717, 1.165) is 11.3 Å². The number of aromatic nitrogens is 2. The van der Waals surface area contributed by atoms with Gasteiger partial charge in [0.05, 0.1) is 5.69 Å². The van der Waals surface area contributed by atoms with Crippen LogP contribution in [0.4, 0.5) is 4.39 Å². The Labute approximate surface area is 123 Å². The molecule has 1 amide bonds. The van der Waals surface area contributed by atoms with Crippen LogP contribution in [-0.4, -0.2) is 15.9 Å². The maximum Gasteiger partial charge on any atom is 0.251 e. The number of nitrogens with one attached hydrogen (secondary N) is 1. The number of nitrogens with zero attached hydrogens (tertiary/aromatic N) is 2. The van der Waals surface area contributed by atoms with Crippen LogP contribution in [0.15, 0.2) is 36.8 Å². The zero-order valence-electron chi connectivity index (χ0n) is 12.4. The van der Waals surface area contributed by atoms with E-state index in [4.69, 9.17) is 0 Å². The van der Waals surface area contributed by atoms with E-state index in [1.54, 1.807) is 6.20 Å². The number of carbonyl (C=O) groups is 1. The molecule has 1 aromatic carbocycles. The minimum absolute atomic E-state index is 0.126. The summed E-state index contributed by atoms with van der Waals surface area (Å²) in [7, 11) is 0. The zero-order valence-corrected chi connectivity index (χ0v) is 12.4. The van der Waals surface area contributed by atoms with E-state index in [1.807, 2.05) is 0 Å². The Morgan fingerprint density at radius 1 is 1.24 bits per heavy atom. The van der Waals surface area contributed by atoms with Gasteiger partial charge in [0.1, 0.15) is 12.1 Å². The summed E-state index contributed by atoms with van der Waals surface area (Å²) >= 11 is 0. The minimum atomic E-state index is -0.363. The maximum absolute atomic E-state index is 12.8. The molecule has 0 unspecified atom stereocenters. The first-order valence-corrected chi connectivity index (χ1v) is 6.71. The van der Waals surface area contributed by atoms with Crippen LogP contribution < -0.4 is 5.32 Å². The van der Waals surface area contributed by atoms with Crippen molar-refractivity contribution in [3.8, 4) is 0 Å². The van der Waals surface area contributed by atoms with Gasteiger partial charge in [-0.05, 0) is 24.3 Å². The summed E-state index contributed by atoms with van der Waals surface area (Å²) in [5, 5.41) is 2.81. The lowest BCUT2D eigenvalue weighted by Gasteiger charge is -2.21. The second kappa shape index (κ2) is 5.99. The Morgan fingerprint density at radius 3 is 2.52 bits per heavy atom. The van der Waals surface area contributed by atoms with Crippen LogP contribution in [0.1, 0.15) is 42.4 Å². The molecule has 0 bridgehead atoms. The van der Waals surface area contributed by atoms with Gasteiger partial charge < -0.3 is 5.32 Å². The van der Waals surface area contributed by atoms with Gasteiger partial charge >= 0.3 is 0 Å². The Hall–Kier alpha value is -2.30. The Morgan fingerprint density at radius 2 is 1.90 bits per heavy atom. The molecule has 2 aromatic rings. The van der Waals surface area contributed by atoms with Crippen molar-refractivity contribution in [3.63, 3.8) is 0 Å². The molecule has 2 rings (SSSR count). The topological polar surface area (TPSA) is 54.9 Å². The second-order valence-corrected chi connectivity index (χ2v) is 5.84. The Balaban J connectivity index is 2.10. The van der Waals surface area contributed by atoms with Gasteiger partial charge in [0, 0.05) is 29.3 Å². The first-order chi connectivity index (χ1) is 9.88. The van der Waals surface area contributed by atoms with Crippen molar-refractivity contribution in [1.82, 2.24) is 15.3 Å². The third kappa shape index (κ3) is 3.84. The molecule has 1 N–H and O–H groups in total. The lowest BCUT2D eigenvalue weighted by molar-refractivity contribution is 0.0950.